The van der Waals surface area contributed by atoms with Crippen molar-refractivity contribution in [2.75, 3.05) is 29.9 Å². The van der Waals surface area contributed by atoms with Crippen molar-refractivity contribution in [2.45, 2.75) is 69.9 Å². The zero-order chi connectivity index (χ0) is 21.6. The maximum Gasteiger partial charge on any atom is 0.230 e. The van der Waals surface area contributed by atoms with Crippen LogP contribution in [-0.4, -0.2) is 53.6 Å². The monoisotopic (exact) mass is 429 g/mol. The summed E-state index contributed by atoms with van der Waals surface area (Å²) in [6.45, 7) is 2.04. The van der Waals surface area contributed by atoms with Crippen molar-refractivity contribution in [2.24, 2.45) is 11.3 Å². The molecule has 0 aromatic heterocycles. The van der Waals surface area contributed by atoms with Crippen molar-refractivity contribution >= 4 is 23.2 Å². The van der Waals surface area contributed by atoms with E-state index in [1.54, 1.807) is 12.1 Å². The van der Waals surface area contributed by atoms with Gasteiger partial charge in [0.15, 0.2) is 0 Å². The number of piperidine rings is 1. The van der Waals surface area contributed by atoms with Crippen LogP contribution in [0.5, 0.6) is 0 Å². The van der Waals surface area contributed by atoms with Crippen LogP contribution in [0.4, 0.5) is 15.8 Å². The molecule has 0 bridgehead atoms. The molecular formula is C24H32FN3O3. The number of aliphatic hydroxyl groups is 1. The lowest BCUT2D eigenvalue weighted by Gasteiger charge is -2.41. The first-order valence-corrected chi connectivity index (χ1v) is 11.8. The van der Waals surface area contributed by atoms with Crippen molar-refractivity contribution in [1.82, 2.24) is 4.90 Å². The van der Waals surface area contributed by atoms with Gasteiger partial charge >= 0.3 is 0 Å². The zero-order valence-electron chi connectivity index (χ0n) is 18.0. The number of benzene rings is 1. The van der Waals surface area contributed by atoms with Crippen LogP contribution < -0.4 is 10.2 Å². The van der Waals surface area contributed by atoms with Gasteiger partial charge in [-0.15, -0.1) is 0 Å². The Labute approximate surface area is 182 Å². The van der Waals surface area contributed by atoms with E-state index in [0.717, 1.165) is 70.9 Å². The Bertz CT molecular complexity index is 866. The minimum absolute atomic E-state index is 0.0315. The predicted molar refractivity (Wildman–Crippen MR) is 116 cm³/mol. The second-order valence-electron chi connectivity index (χ2n) is 9.95. The molecule has 2 aliphatic heterocycles. The number of hydrogen-bond acceptors (Lipinski definition) is 4. The smallest absolute Gasteiger partial charge is 0.230 e. The molecule has 2 saturated heterocycles. The van der Waals surface area contributed by atoms with E-state index in [2.05, 4.69) is 5.32 Å². The highest BCUT2D eigenvalue weighted by Gasteiger charge is 2.50. The maximum atomic E-state index is 15.0. The van der Waals surface area contributed by atoms with Gasteiger partial charge in [0.05, 0.1) is 17.2 Å². The summed E-state index contributed by atoms with van der Waals surface area (Å²) in [4.78, 5) is 29.5. The number of likely N-dealkylation sites (tertiary alicyclic amines) is 1. The number of nitrogens with zero attached hydrogens (tertiary/aromatic N) is 2. The van der Waals surface area contributed by atoms with E-state index in [0.29, 0.717) is 17.9 Å². The zero-order valence-corrected chi connectivity index (χ0v) is 18.0. The van der Waals surface area contributed by atoms with Crippen LogP contribution in [0.3, 0.4) is 0 Å². The number of nitrogens with one attached hydrogen (secondary N) is 1. The first-order valence-electron chi connectivity index (χ1n) is 11.8. The SMILES string of the molecule is O=C(Nc1ccc(N2CCCC3(CCN(C4CCC(O)CC4)C3=O)C2)c(F)c1)C1CC1. The second kappa shape index (κ2) is 8.08. The van der Waals surface area contributed by atoms with E-state index in [-0.39, 0.29) is 35.7 Å². The van der Waals surface area contributed by atoms with Crippen molar-refractivity contribution in [3.05, 3.63) is 24.0 Å². The van der Waals surface area contributed by atoms with Gasteiger partial charge in [0, 0.05) is 37.3 Å². The molecule has 1 aromatic carbocycles. The lowest BCUT2D eigenvalue weighted by Crippen LogP contribution is -2.50. The van der Waals surface area contributed by atoms with Crippen molar-refractivity contribution in [3.8, 4) is 0 Å². The van der Waals surface area contributed by atoms with Crippen LogP contribution in [-0.2, 0) is 9.59 Å². The molecule has 1 aromatic rings. The Balaban J connectivity index is 1.28. The third-order valence-electron chi connectivity index (χ3n) is 7.73. The molecule has 4 aliphatic rings. The predicted octanol–water partition coefficient (Wildman–Crippen LogP) is 3.30. The second-order valence-corrected chi connectivity index (χ2v) is 9.95. The van der Waals surface area contributed by atoms with Crippen LogP contribution in [0.25, 0.3) is 0 Å². The van der Waals surface area contributed by atoms with Crippen molar-refractivity contribution < 1.29 is 19.1 Å². The number of anilines is 2. The van der Waals surface area contributed by atoms with Gasteiger partial charge in [0.25, 0.3) is 0 Å². The molecule has 6 nitrogen and oxygen atoms in total. The third kappa shape index (κ3) is 4.04. The molecule has 0 radical (unpaired) electrons. The van der Waals surface area contributed by atoms with Crippen molar-refractivity contribution in [1.29, 1.82) is 0 Å². The molecule has 5 rings (SSSR count). The van der Waals surface area contributed by atoms with E-state index >= 15 is 0 Å². The Morgan fingerprint density at radius 1 is 1.10 bits per heavy atom. The van der Waals surface area contributed by atoms with Gasteiger partial charge in [-0.3, -0.25) is 9.59 Å². The molecule has 2 N–H and O–H groups in total. The van der Waals surface area contributed by atoms with E-state index in [9.17, 15) is 19.1 Å². The van der Waals surface area contributed by atoms with Gasteiger partial charge < -0.3 is 20.2 Å². The number of carbonyl (C=O) groups is 2. The average molecular weight is 430 g/mol. The normalized spacial score (nSPS) is 31.4. The van der Waals surface area contributed by atoms with Gasteiger partial charge in [-0.25, -0.2) is 4.39 Å². The van der Waals surface area contributed by atoms with Crippen LogP contribution in [0, 0.1) is 17.2 Å². The van der Waals surface area contributed by atoms with Gasteiger partial charge in [-0.1, -0.05) is 0 Å². The minimum atomic E-state index is -0.431. The summed E-state index contributed by atoms with van der Waals surface area (Å²) in [7, 11) is 0. The number of amides is 2. The quantitative estimate of drug-likeness (QED) is 0.770. The standard InChI is InChI=1S/C24H32FN3O3/c25-20-14-17(26-22(30)16-2-3-16)4-9-21(20)27-12-1-10-24(15-27)11-13-28(23(24)31)18-5-7-19(29)8-6-18/h4,9,14,16,18-19,29H,1-3,5-8,10-13,15H2,(H,26,30). The van der Waals surface area contributed by atoms with E-state index in [1.165, 1.54) is 6.07 Å². The molecule has 1 spiro atoms. The van der Waals surface area contributed by atoms with Crippen LogP contribution in [0.15, 0.2) is 18.2 Å². The minimum Gasteiger partial charge on any atom is -0.393 e. The van der Waals surface area contributed by atoms with E-state index < -0.39 is 5.41 Å². The highest BCUT2D eigenvalue weighted by molar-refractivity contribution is 5.94. The van der Waals surface area contributed by atoms with Gasteiger partial charge in [-0.05, 0) is 76.0 Å². The molecule has 4 fully saturated rings. The maximum absolute atomic E-state index is 15.0. The van der Waals surface area contributed by atoms with Crippen LogP contribution >= 0.6 is 0 Å². The summed E-state index contributed by atoms with van der Waals surface area (Å²) in [5.41, 5.74) is 0.572. The van der Waals surface area contributed by atoms with Crippen molar-refractivity contribution in [3.63, 3.8) is 0 Å². The first-order chi connectivity index (χ1) is 14.9. The largest absolute Gasteiger partial charge is 0.393 e. The summed E-state index contributed by atoms with van der Waals surface area (Å²) in [5, 5.41) is 12.6. The summed E-state index contributed by atoms with van der Waals surface area (Å²) >= 11 is 0. The van der Waals surface area contributed by atoms with Gasteiger partial charge in [0.1, 0.15) is 5.82 Å². The lowest BCUT2D eigenvalue weighted by atomic mass is 9.78. The molecule has 2 amide bonds. The number of aliphatic hydroxyl groups excluding tert-OH is 1. The Morgan fingerprint density at radius 2 is 1.87 bits per heavy atom. The molecule has 1 atom stereocenters. The third-order valence-corrected chi connectivity index (χ3v) is 7.73. The van der Waals surface area contributed by atoms with Gasteiger partial charge in [0.2, 0.25) is 11.8 Å². The summed E-state index contributed by atoms with van der Waals surface area (Å²) < 4.78 is 15.0. The molecule has 168 valence electrons. The topological polar surface area (TPSA) is 72.9 Å². The fraction of sp³-hybridized carbons (Fsp3) is 0.667. The highest BCUT2D eigenvalue weighted by Crippen LogP contribution is 2.44. The molecule has 2 saturated carbocycles. The van der Waals surface area contributed by atoms with E-state index in [1.807, 2.05) is 9.80 Å². The number of hydrogen-bond donors (Lipinski definition) is 2. The fourth-order valence-corrected chi connectivity index (χ4v) is 5.71. The van der Waals surface area contributed by atoms with E-state index in [4.69, 9.17) is 0 Å². The van der Waals surface area contributed by atoms with Crippen LogP contribution in [0.1, 0.15) is 57.8 Å². The lowest BCUT2D eigenvalue weighted by molar-refractivity contribution is -0.139. The molecule has 7 heteroatoms. The average Bonchev–Trinajstić information content (AvgIpc) is 3.56. The number of halogens is 1. The number of carbonyl (C=O) groups excluding carboxylic acids is 2. The first kappa shape index (κ1) is 20.7. The molecular weight excluding hydrogens is 397 g/mol. The Morgan fingerprint density at radius 3 is 2.58 bits per heavy atom. The Kier molecular flexibility index (Phi) is 5.40. The summed E-state index contributed by atoms with van der Waals surface area (Å²) in [6.07, 6.45) is 7.40. The molecule has 1 unspecified atom stereocenters. The molecule has 2 aliphatic carbocycles. The summed E-state index contributed by atoms with van der Waals surface area (Å²) in [6, 6.07) is 5.12. The molecule has 31 heavy (non-hydrogen) atoms. The highest BCUT2D eigenvalue weighted by atomic mass is 19.1. The fourth-order valence-electron chi connectivity index (χ4n) is 5.71. The van der Waals surface area contributed by atoms with Crippen LogP contribution in [0.2, 0.25) is 0 Å². The number of rotatable bonds is 4. The Hall–Kier alpha value is -2.15. The van der Waals surface area contributed by atoms with Gasteiger partial charge in [-0.2, -0.15) is 0 Å². The summed E-state index contributed by atoms with van der Waals surface area (Å²) in [5.74, 6) is -0.0917. The molecule has 2 heterocycles.